The molecule has 0 saturated heterocycles. The summed E-state index contributed by atoms with van der Waals surface area (Å²) in [4.78, 5) is 0. The Morgan fingerprint density at radius 2 is 1.93 bits per heavy atom. The Labute approximate surface area is 85.8 Å². The Morgan fingerprint density at radius 1 is 1.14 bits per heavy atom. The number of hydrogen-bond acceptors (Lipinski definition) is 2. The molecule has 0 amide bonds. The summed E-state index contributed by atoms with van der Waals surface area (Å²) in [7, 11) is 0. The van der Waals surface area contributed by atoms with Gasteiger partial charge < -0.3 is 9.47 Å². The van der Waals surface area contributed by atoms with Gasteiger partial charge in [-0.3, -0.25) is 0 Å². The van der Waals surface area contributed by atoms with E-state index in [1.165, 1.54) is 0 Å². The molecule has 0 aromatic heterocycles. The summed E-state index contributed by atoms with van der Waals surface area (Å²) in [6.07, 6.45) is 1.03. The average molecular weight is 194 g/mol. The highest BCUT2D eigenvalue weighted by Gasteiger charge is 2.01. The highest BCUT2D eigenvalue weighted by molar-refractivity contribution is 5.32. The van der Waals surface area contributed by atoms with Crippen molar-refractivity contribution in [1.29, 1.82) is 0 Å². The minimum absolute atomic E-state index is 0.635. The van der Waals surface area contributed by atoms with Crippen LogP contribution in [0.5, 0.6) is 5.75 Å². The molecule has 0 aliphatic carbocycles. The number of para-hydroxylation sites is 1. The van der Waals surface area contributed by atoms with Gasteiger partial charge in [-0.1, -0.05) is 25.1 Å². The van der Waals surface area contributed by atoms with Crippen molar-refractivity contribution in [3.8, 4) is 5.75 Å². The van der Waals surface area contributed by atoms with Crippen molar-refractivity contribution < 1.29 is 9.47 Å². The van der Waals surface area contributed by atoms with Gasteiger partial charge in [0.15, 0.2) is 0 Å². The molecule has 78 valence electrons. The second-order valence-electron chi connectivity index (χ2n) is 3.09. The van der Waals surface area contributed by atoms with Gasteiger partial charge in [0.05, 0.1) is 13.2 Å². The van der Waals surface area contributed by atoms with Crippen LogP contribution in [0.15, 0.2) is 24.3 Å². The molecule has 0 heterocycles. The van der Waals surface area contributed by atoms with E-state index in [0.29, 0.717) is 6.61 Å². The van der Waals surface area contributed by atoms with Crippen LogP contribution in [0.4, 0.5) is 0 Å². The molecule has 0 saturated carbocycles. The zero-order valence-corrected chi connectivity index (χ0v) is 8.95. The van der Waals surface area contributed by atoms with Crippen molar-refractivity contribution in [3.05, 3.63) is 29.8 Å². The molecule has 0 spiro atoms. The molecule has 2 heteroatoms. The lowest BCUT2D eigenvalue weighted by atomic mass is 10.2. The third-order valence-corrected chi connectivity index (χ3v) is 1.90. The Balaban J connectivity index is 2.60. The first-order valence-corrected chi connectivity index (χ1v) is 5.17. The highest BCUT2D eigenvalue weighted by Crippen LogP contribution is 2.18. The summed E-state index contributed by atoms with van der Waals surface area (Å²) in [5.74, 6) is 0.947. The third kappa shape index (κ3) is 3.38. The first kappa shape index (κ1) is 11.1. The van der Waals surface area contributed by atoms with Crippen LogP contribution in [-0.4, -0.2) is 13.2 Å². The summed E-state index contributed by atoms with van der Waals surface area (Å²) in [6.45, 7) is 6.24. The highest BCUT2D eigenvalue weighted by atomic mass is 16.5. The molecule has 0 aliphatic rings. The molecule has 0 N–H and O–H groups in total. The molecule has 0 atom stereocenters. The van der Waals surface area contributed by atoms with E-state index in [0.717, 1.165) is 30.9 Å². The van der Waals surface area contributed by atoms with Crippen LogP contribution in [0.25, 0.3) is 0 Å². The van der Waals surface area contributed by atoms with Gasteiger partial charge in [-0.05, 0) is 19.4 Å². The first-order chi connectivity index (χ1) is 6.88. The molecule has 0 radical (unpaired) electrons. The van der Waals surface area contributed by atoms with Gasteiger partial charge in [0.25, 0.3) is 0 Å². The summed E-state index contributed by atoms with van der Waals surface area (Å²) in [5, 5.41) is 0. The molecule has 0 fully saturated rings. The van der Waals surface area contributed by atoms with E-state index in [2.05, 4.69) is 6.92 Å². The summed E-state index contributed by atoms with van der Waals surface area (Å²) in [5.41, 5.74) is 1.13. The van der Waals surface area contributed by atoms with E-state index in [1.54, 1.807) is 0 Å². The Bertz CT molecular complexity index is 231. The molecule has 1 rings (SSSR count). The van der Waals surface area contributed by atoms with Crippen LogP contribution in [0.3, 0.4) is 0 Å². The molecule has 2 nitrogen and oxygen atoms in total. The standard InChI is InChI=1S/C12H18O2/c1-3-9-14-12-8-6-5-7-11(12)10-13-4-2/h5-8H,3-4,9-10H2,1-2H3. The monoisotopic (exact) mass is 194 g/mol. The molecule has 14 heavy (non-hydrogen) atoms. The van der Waals surface area contributed by atoms with Crippen molar-refractivity contribution in [1.82, 2.24) is 0 Å². The fourth-order valence-electron chi connectivity index (χ4n) is 1.19. The van der Waals surface area contributed by atoms with Gasteiger partial charge in [0, 0.05) is 12.2 Å². The van der Waals surface area contributed by atoms with E-state index in [9.17, 15) is 0 Å². The fourth-order valence-corrected chi connectivity index (χ4v) is 1.19. The SMILES string of the molecule is CCCOc1ccccc1COCC. The van der Waals surface area contributed by atoms with Crippen molar-refractivity contribution >= 4 is 0 Å². The second-order valence-corrected chi connectivity index (χ2v) is 3.09. The van der Waals surface area contributed by atoms with Crippen molar-refractivity contribution in [2.45, 2.75) is 26.9 Å². The van der Waals surface area contributed by atoms with Crippen LogP contribution >= 0.6 is 0 Å². The average Bonchev–Trinajstić information content (AvgIpc) is 2.24. The van der Waals surface area contributed by atoms with Gasteiger partial charge in [0.2, 0.25) is 0 Å². The minimum Gasteiger partial charge on any atom is -0.493 e. The smallest absolute Gasteiger partial charge is 0.124 e. The Hall–Kier alpha value is -1.02. The topological polar surface area (TPSA) is 18.5 Å². The lowest BCUT2D eigenvalue weighted by Gasteiger charge is -2.10. The number of benzene rings is 1. The van der Waals surface area contributed by atoms with Crippen LogP contribution in [0.1, 0.15) is 25.8 Å². The third-order valence-electron chi connectivity index (χ3n) is 1.90. The van der Waals surface area contributed by atoms with Crippen molar-refractivity contribution in [3.63, 3.8) is 0 Å². The van der Waals surface area contributed by atoms with E-state index in [-0.39, 0.29) is 0 Å². The van der Waals surface area contributed by atoms with Crippen LogP contribution in [0, 0.1) is 0 Å². The summed E-state index contributed by atoms with van der Waals surface area (Å²) < 4.78 is 11.0. The fraction of sp³-hybridized carbons (Fsp3) is 0.500. The van der Waals surface area contributed by atoms with Crippen molar-refractivity contribution in [2.75, 3.05) is 13.2 Å². The molecular formula is C12H18O2. The maximum absolute atomic E-state index is 5.60. The van der Waals surface area contributed by atoms with Crippen LogP contribution in [-0.2, 0) is 11.3 Å². The molecular weight excluding hydrogens is 176 g/mol. The summed E-state index contributed by atoms with van der Waals surface area (Å²) >= 11 is 0. The quantitative estimate of drug-likeness (QED) is 0.693. The molecule has 1 aromatic carbocycles. The zero-order chi connectivity index (χ0) is 10.2. The first-order valence-electron chi connectivity index (χ1n) is 5.17. The van der Waals surface area contributed by atoms with Gasteiger partial charge in [-0.15, -0.1) is 0 Å². The van der Waals surface area contributed by atoms with E-state index >= 15 is 0 Å². The lowest BCUT2D eigenvalue weighted by molar-refractivity contribution is 0.131. The van der Waals surface area contributed by atoms with Gasteiger partial charge in [0.1, 0.15) is 5.75 Å². The number of ether oxygens (including phenoxy) is 2. The van der Waals surface area contributed by atoms with E-state index in [1.807, 2.05) is 31.2 Å². The predicted molar refractivity (Wildman–Crippen MR) is 57.6 cm³/mol. The number of rotatable bonds is 6. The number of hydrogen-bond donors (Lipinski definition) is 0. The van der Waals surface area contributed by atoms with Crippen LogP contribution < -0.4 is 4.74 Å². The Morgan fingerprint density at radius 3 is 2.64 bits per heavy atom. The molecule has 0 bridgehead atoms. The minimum atomic E-state index is 0.635. The normalized spacial score (nSPS) is 10.1. The predicted octanol–water partition coefficient (Wildman–Crippen LogP) is 3.01. The lowest BCUT2D eigenvalue weighted by Crippen LogP contribution is -2.00. The van der Waals surface area contributed by atoms with Gasteiger partial charge in [-0.2, -0.15) is 0 Å². The molecule has 0 unspecified atom stereocenters. The van der Waals surface area contributed by atoms with Gasteiger partial charge >= 0.3 is 0 Å². The second kappa shape index (κ2) is 6.44. The summed E-state index contributed by atoms with van der Waals surface area (Å²) in [6, 6.07) is 8.03. The maximum atomic E-state index is 5.60. The van der Waals surface area contributed by atoms with Crippen LogP contribution in [0.2, 0.25) is 0 Å². The molecule has 1 aromatic rings. The van der Waals surface area contributed by atoms with E-state index < -0.39 is 0 Å². The Kier molecular flexibility index (Phi) is 5.08. The zero-order valence-electron chi connectivity index (χ0n) is 8.95. The van der Waals surface area contributed by atoms with Crippen molar-refractivity contribution in [2.24, 2.45) is 0 Å². The molecule has 0 aliphatic heterocycles. The largest absolute Gasteiger partial charge is 0.493 e. The van der Waals surface area contributed by atoms with E-state index in [4.69, 9.17) is 9.47 Å². The maximum Gasteiger partial charge on any atom is 0.124 e. The van der Waals surface area contributed by atoms with Gasteiger partial charge in [-0.25, -0.2) is 0 Å².